The summed E-state index contributed by atoms with van der Waals surface area (Å²) >= 11 is 2.90. The van der Waals surface area contributed by atoms with E-state index in [1.165, 1.54) is 48.6 Å². The lowest BCUT2D eigenvalue weighted by Gasteiger charge is -2.23. The molecule has 0 saturated carbocycles. The fraction of sp³-hybridized carbons (Fsp3) is 0.391. The van der Waals surface area contributed by atoms with E-state index in [-0.39, 0.29) is 40.3 Å². The van der Waals surface area contributed by atoms with Crippen molar-refractivity contribution >= 4 is 52.0 Å². The van der Waals surface area contributed by atoms with Crippen molar-refractivity contribution < 1.29 is 19.5 Å². The van der Waals surface area contributed by atoms with Crippen LogP contribution in [0.1, 0.15) is 37.0 Å². The highest BCUT2D eigenvalue weighted by molar-refractivity contribution is 8.14. The number of nitrogens with one attached hydrogen (secondary N) is 4. The molecule has 2 amide bonds. The van der Waals surface area contributed by atoms with Crippen LogP contribution in [0.2, 0.25) is 0 Å². The molecular formula is C23H29N5O4S2. The molecule has 0 aromatic heterocycles. The third kappa shape index (κ3) is 7.29. The van der Waals surface area contributed by atoms with Gasteiger partial charge in [0.25, 0.3) is 5.91 Å². The number of hydrogen-bond acceptors (Lipinski definition) is 9. The van der Waals surface area contributed by atoms with Crippen LogP contribution in [0.15, 0.2) is 46.6 Å². The van der Waals surface area contributed by atoms with Crippen LogP contribution >= 0.6 is 23.5 Å². The van der Waals surface area contributed by atoms with Crippen LogP contribution < -0.4 is 21.3 Å². The molecule has 0 aliphatic carbocycles. The number of ketones is 1. The van der Waals surface area contributed by atoms with Crippen molar-refractivity contribution in [3.63, 3.8) is 0 Å². The number of amides is 2. The zero-order chi connectivity index (χ0) is 24.5. The maximum Gasteiger partial charge on any atom is 0.272 e. The second-order valence-electron chi connectivity index (χ2n) is 7.76. The van der Waals surface area contributed by atoms with Crippen LogP contribution in [0.3, 0.4) is 0 Å². The van der Waals surface area contributed by atoms with Crippen molar-refractivity contribution in [2.45, 2.75) is 32.1 Å². The molecule has 182 valence electrons. The van der Waals surface area contributed by atoms with Crippen LogP contribution in [-0.4, -0.2) is 52.1 Å². The Hall–Kier alpha value is -2.92. The van der Waals surface area contributed by atoms with E-state index in [0.29, 0.717) is 30.1 Å². The van der Waals surface area contributed by atoms with Gasteiger partial charge in [0.2, 0.25) is 5.91 Å². The summed E-state index contributed by atoms with van der Waals surface area (Å²) in [6.07, 6.45) is 5.37. The molecule has 11 heteroatoms. The van der Waals surface area contributed by atoms with Crippen LogP contribution in [0.25, 0.3) is 0 Å². The molecule has 2 unspecified atom stereocenters. The number of Topliss-reactive ketones (excluding diaryl/α,β-unsaturated/α-hetero) is 1. The standard InChI is InChI=1S/C23H29N5O4S2/c1-3-15(7-10-24-20(31)13-34-23-25-8-4-9-26-23)22-28-18(12-33-22)21(32)27-17-11-16(14(2)29)5-6-19(17)30/h4-6,8,11-12,15,22,28,30H,3,7,9-10,13H2,1-2H3,(H,24,31)(H,25,26)(H,27,32). The van der Waals surface area contributed by atoms with Gasteiger partial charge < -0.3 is 26.4 Å². The summed E-state index contributed by atoms with van der Waals surface area (Å²) in [6, 6.07) is 4.35. The number of rotatable bonds is 10. The maximum absolute atomic E-state index is 12.7. The van der Waals surface area contributed by atoms with Crippen molar-refractivity contribution in [2.24, 2.45) is 10.9 Å². The van der Waals surface area contributed by atoms with Gasteiger partial charge in [-0.15, -0.1) is 11.8 Å². The molecule has 2 aliphatic rings. The first kappa shape index (κ1) is 25.7. The molecule has 9 nitrogen and oxygen atoms in total. The predicted octanol–water partition coefficient (Wildman–Crippen LogP) is 2.78. The molecular weight excluding hydrogens is 474 g/mol. The van der Waals surface area contributed by atoms with Gasteiger partial charge in [0.1, 0.15) is 11.4 Å². The van der Waals surface area contributed by atoms with E-state index in [1.807, 2.05) is 12.3 Å². The lowest BCUT2D eigenvalue weighted by atomic mass is 10.0. The summed E-state index contributed by atoms with van der Waals surface area (Å²) in [4.78, 5) is 40.7. The number of nitrogens with zero attached hydrogens (tertiary/aromatic N) is 1. The van der Waals surface area contributed by atoms with Crippen molar-refractivity contribution in [3.05, 3.63) is 47.1 Å². The van der Waals surface area contributed by atoms with Gasteiger partial charge in [0, 0.05) is 23.7 Å². The SMILES string of the molecule is CCC(CCNC(=O)CSC1=NCC=CN1)C1NC(C(=O)Nc2cc(C(C)=O)ccc2O)=CS1. The quantitative estimate of drug-likeness (QED) is 0.243. The van der Waals surface area contributed by atoms with Crippen molar-refractivity contribution in [2.75, 3.05) is 24.2 Å². The molecule has 3 rings (SSSR count). The Morgan fingerprint density at radius 1 is 1.35 bits per heavy atom. The lowest BCUT2D eigenvalue weighted by Crippen LogP contribution is -2.35. The Labute approximate surface area is 207 Å². The number of phenolic OH excluding ortho intramolecular Hbond substituents is 1. The average molecular weight is 504 g/mol. The van der Waals surface area contributed by atoms with Gasteiger partial charge in [-0.1, -0.05) is 25.1 Å². The Morgan fingerprint density at radius 3 is 2.88 bits per heavy atom. The summed E-state index contributed by atoms with van der Waals surface area (Å²) < 4.78 is 0. The predicted molar refractivity (Wildman–Crippen MR) is 138 cm³/mol. The zero-order valence-corrected chi connectivity index (χ0v) is 20.7. The first-order valence-corrected chi connectivity index (χ1v) is 12.9. The van der Waals surface area contributed by atoms with E-state index >= 15 is 0 Å². The number of anilines is 1. The number of aromatic hydroxyl groups is 1. The number of carbonyl (C=O) groups excluding carboxylic acids is 3. The van der Waals surface area contributed by atoms with E-state index in [0.717, 1.165) is 18.0 Å². The van der Waals surface area contributed by atoms with Crippen molar-refractivity contribution in [1.82, 2.24) is 16.0 Å². The minimum absolute atomic E-state index is 0.00163. The summed E-state index contributed by atoms with van der Waals surface area (Å²) in [5.74, 6) is -0.154. The highest BCUT2D eigenvalue weighted by Crippen LogP contribution is 2.31. The minimum Gasteiger partial charge on any atom is -0.506 e. The van der Waals surface area contributed by atoms with Gasteiger partial charge in [-0.3, -0.25) is 19.4 Å². The number of thioether (sulfide) groups is 2. The Balaban J connectivity index is 1.43. The van der Waals surface area contributed by atoms with Gasteiger partial charge in [-0.05, 0) is 43.5 Å². The van der Waals surface area contributed by atoms with E-state index in [4.69, 9.17) is 0 Å². The Morgan fingerprint density at radius 2 is 2.18 bits per heavy atom. The number of benzene rings is 1. The number of phenols is 1. The second-order valence-corrected chi connectivity index (χ2v) is 9.74. The molecule has 0 bridgehead atoms. The molecule has 0 radical (unpaired) electrons. The normalized spacial score (nSPS) is 17.6. The number of amidine groups is 1. The highest BCUT2D eigenvalue weighted by atomic mass is 32.2. The van der Waals surface area contributed by atoms with E-state index in [1.54, 1.807) is 5.41 Å². The van der Waals surface area contributed by atoms with Crippen LogP contribution in [0, 0.1) is 5.92 Å². The Bertz CT molecular complexity index is 1020. The minimum atomic E-state index is -0.389. The fourth-order valence-corrected chi connectivity index (χ4v) is 5.25. The molecule has 34 heavy (non-hydrogen) atoms. The fourth-order valence-electron chi connectivity index (χ4n) is 3.36. The van der Waals surface area contributed by atoms with Crippen molar-refractivity contribution in [1.29, 1.82) is 0 Å². The molecule has 0 spiro atoms. The van der Waals surface area contributed by atoms with Gasteiger partial charge in [-0.25, -0.2) is 0 Å². The zero-order valence-electron chi connectivity index (χ0n) is 19.1. The molecule has 0 saturated heterocycles. The Kier molecular flexibility index (Phi) is 9.46. The smallest absolute Gasteiger partial charge is 0.272 e. The molecule has 0 fully saturated rings. The third-order valence-corrected chi connectivity index (χ3v) is 7.42. The summed E-state index contributed by atoms with van der Waals surface area (Å²) in [6.45, 7) is 4.67. The highest BCUT2D eigenvalue weighted by Gasteiger charge is 2.28. The van der Waals surface area contributed by atoms with Gasteiger partial charge in [-0.2, -0.15) is 0 Å². The van der Waals surface area contributed by atoms with Gasteiger partial charge in [0.15, 0.2) is 11.0 Å². The summed E-state index contributed by atoms with van der Waals surface area (Å²) in [5, 5.41) is 24.4. The van der Waals surface area contributed by atoms with Gasteiger partial charge in [0.05, 0.1) is 23.4 Å². The summed E-state index contributed by atoms with van der Waals surface area (Å²) in [5.41, 5.74) is 0.989. The molecule has 2 aliphatic heterocycles. The summed E-state index contributed by atoms with van der Waals surface area (Å²) in [7, 11) is 0. The van der Waals surface area contributed by atoms with Crippen LogP contribution in [-0.2, 0) is 9.59 Å². The van der Waals surface area contributed by atoms with Crippen LogP contribution in [0.4, 0.5) is 5.69 Å². The largest absolute Gasteiger partial charge is 0.506 e. The maximum atomic E-state index is 12.7. The molecule has 2 atom stereocenters. The molecule has 1 aromatic rings. The number of carbonyl (C=O) groups is 3. The molecule has 2 heterocycles. The average Bonchev–Trinajstić information content (AvgIpc) is 3.32. The van der Waals surface area contributed by atoms with E-state index < -0.39 is 0 Å². The first-order valence-electron chi connectivity index (χ1n) is 11.0. The third-order valence-electron chi connectivity index (χ3n) is 5.32. The number of hydrogen-bond donors (Lipinski definition) is 5. The first-order chi connectivity index (χ1) is 16.4. The van der Waals surface area contributed by atoms with Gasteiger partial charge >= 0.3 is 0 Å². The van der Waals surface area contributed by atoms with Crippen molar-refractivity contribution in [3.8, 4) is 5.75 Å². The van der Waals surface area contributed by atoms with Crippen LogP contribution in [0.5, 0.6) is 5.75 Å². The van der Waals surface area contributed by atoms with E-state index in [9.17, 15) is 19.5 Å². The number of aliphatic imine (C=N–C) groups is 1. The molecule has 5 N–H and O–H groups in total. The second kappa shape index (κ2) is 12.5. The lowest BCUT2D eigenvalue weighted by molar-refractivity contribution is -0.118. The van der Waals surface area contributed by atoms with E-state index in [2.05, 4.69) is 33.2 Å². The topological polar surface area (TPSA) is 132 Å². The monoisotopic (exact) mass is 503 g/mol. The molecule has 1 aromatic carbocycles.